The Hall–Kier alpha value is -1.66. The molecule has 0 atom stereocenters. The number of rotatable bonds is 7. The lowest BCUT2D eigenvalue weighted by Crippen LogP contribution is -2.38. The molecule has 6 nitrogen and oxygen atoms in total. The fourth-order valence-corrected chi connectivity index (χ4v) is 2.51. The normalized spacial score (nSPS) is 13.8. The van der Waals surface area contributed by atoms with Crippen molar-refractivity contribution in [2.45, 2.75) is 13.3 Å². The van der Waals surface area contributed by atoms with Crippen LogP contribution in [0, 0.1) is 0 Å². The van der Waals surface area contributed by atoms with Gasteiger partial charge in [-0.05, 0) is 31.0 Å². The number of benzene rings is 1. The lowest BCUT2D eigenvalue weighted by molar-refractivity contribution is 0.171. The largest absolute Gasteiger partial charge is 0.486 e. The third-order valence-electron chi connectivity index (χ3n) is 3.27. The molecule has 0 bridgehead atoms. The number of nitrogens with one attached hydrogen (secondary N) is 2. The second-order valence-electron chi connectivity index (χ2n) is 5.03. The van der Waals surface area contributed by atoms with Crippen LogP contribution in [0.5, 0.6) is 11.5 Å². The Morgan fingerprint density at radius 3 is 2.91 bits per heavy atom. The van der Waals surface area contributed by atoms with E-state index in [2.05, 4.69) is 15.6 Å². The zero-order valence-electron chi connectivity index (χ0n) is 13.7. The molecule has 1 aliphatic heterocycles. The highest BCUT2D eigenvalue weighted by molar-refractivity contribution is 6.32. The summed E-state index contributed by atoms with van der Waals surface area (Å²) in [6, 6.07) is 3.91. The predicted octanol–water partition coefficient (Wildman–Crippen LogP) is 1.86. The van der Waals surface area contributed by atoms with E-state index in [1.54, 1.807) is 7.11 Å². The van der Waals surface area contributed by atoms with Crippen LogP contribution in [0.2, 0.25) is 5.02 Å². The van der Waals surface area contributed by atoms with Crippen LogP contribution in [0.25, 0.3) is 0 Å². The topological polar surface area (TPSA) is 64.1 Å². The Bertz CT molecular complexity index is 538. The van der Waals surface area contributed by atoms with Crippen molar-refractivity contribution < 1.29 is 14.2 Å². The van der Waals surface area contributed by atoms with Gasteiger partial charge in [-0.15, -0.1) is 0 Å². The van der Waals surface area contributed by atoms with Crippen molar-refractivity contribution >= 4 is 17.6 Å². The molecule has 0 saturated carbocycles. The molecule has 2 rings (SSSR count). The van der Waals surface area contributed by atoms with Crippen molar-refractivity contribution in [2.24, 2.45) is 4.99 Å². The Kier molecular flexibility index (Phi) is 7.29. The lowest BCUT2D eigenvalue weighted by atomic mass is 10.1. The highest BCUT2D eigenvalue weighted by Gasteiger charge is 2.16. The number of fused-ring (bicyclic) bond motifs is 1. The fraction of sp³-hybridized carbons (Fsp3) is 0.562. The summed E-state index contributed by atoms with van der Waals surface area (Å²) in [5.74, 6) is 2.15. The van der Waals surface area contributed by atoms with E-state index in [0.717, 1.165) is 36.8 Å². The van der Waals surface area contributed by atoms with Gasteiger partial charge < -0.3 is 24.8 Å². The summed E-state index contributed by atoms with van der Waals surface area (Å²) in [4.78, 5) is 4.42. The first-order valence-electron chi connectivity index (χ1n) is 7.83. The molecule has 0 unspecified atom stereocenters. The number of methoxy groups -OCH3 is 1. The van der Waals surface area contributed by atoms with E-state index in [0.29, 0.717) is 37.1 Å². The minimum Gasteiger partial charge on any atom is -0.486 e. The molecule has 0 amide bonds. The summed E-state index contributed by atoms with van der Waals surface area (Å²) in [5, 5.41) is 7.09. The molecule has 7 heteroatoms. The maximum atomic E-state index is 6.25. The van der Waals surface area contributed by atoms with Crippen LogP contribution >= 0.6 is 11.6 Å². The highest BCUT2D eigenvalue weighted by Crippen LogP contribution is 2.38. The average molecular weight is 342 g/mol. The first kappa shape index (κ1) is 17.7. The van der Waals surface area contributed by atoms with E-state index in [9.17, 15) is 0 Å². The molecule has 2 N–H and O–H groups in total. The zero-order chi connectivity index (χ0) is 16.5. The molecule has 128 valence electrons. The van der Waals surface area contributed by atoms with Gasteiger partial charge in [0.2, 0.25) is 0 Å². The van der Waals surface area contributed by atoms with Crippen molar-refractivity contribution in [3.63, 3.8) is 0 Å². The van der Waals surface area contributed by atoms with Crippen molar-refractivity contribution in [3.05, 3.63) is 22.7 Å². The molecule has 1 aromatic carbocycles. The summed E-state index contributed by atoms with van der Waals surface area (Å²) in [6.45, 7) is 5.92. The van der Waals surface area contributed by atoms with Crippen LogP contribution in [-0.2, 0) is 11.2 Å². The fourth-order valence-electron chi connectivity index (χ4n) is 2.22. The summed E-state index contributed by atoms with van der Waals surface area (Å²) in [6.07, 6.45) is 0.811. The Labute approximate surface area is 142 Å². The van der Waals surface area contributed by atoms with Gasteiger partial charge in [-0.25, -0.2) is 0 Å². The highest BCUT2D eigenvalue weighted by atomic mass is 35.5. The monoisotopic (exact) mass is 341 g/mol. The number of halogens is 1. The molecular formula is C16H24ClN3O3. The van der Waals surface area contributed by atoms with E-state index >= 15 is 0 Å². The van der Waals surface area contributed by atoms with E-state index in [1.165, 1.54) is 0 Å². The first-order valence-corrected chi connectivity index (χ1v) is 8.21. The van der Waals surface area contributed by atoms with Gasteiger partial charge in [0.25, 0.3) is 0 Å². The number of nitrogens with zero attached hydrogens (tertiary/aromatic N) is 1. The summed E-state index contributed by atoms with van der Waals surface area (Å²) in [5.41, 5.74) is 1.10. The number of aliphatic imine (C=N–C) groups is 1. The van der Waals surface area contributed by atoms with E-state index in [4.69, 9.17) is 25.8 Å². The van der Waals surface area contributed by atoms with Crippen LogP contribution in [-0.4, -0.2) is 52.5 Å². The number of hydrogen-bond donors (Lipinski definition) is 2. The Balaban J connectivity index is 1.89. The predicted molar refractivity (Wildman–Crippen MR) is 92.0 cm³/mol. The number of hydrogen-bond acceptors (Lipinski definition) is 4. The molecular weight excluding hydrogens is 318 g/mol. The van der Waals surface area contributed by atoms with Gasteiger partial charge >= 0.3 is 0 Å². The quantitative estimate of drug-likeness (QED) is 0.450. The molecule has 0 radical (unpaired) electrons. The van der Waals surface area contributed by atoms with Crippen molar-refractivity contribution in [3.8, 4) is 11.5 Å². The standard InChI is InChI=1S/C16H24ClN3O3/c1-3-18-16(20-6-7-21-2)19-5-4-12-10-13(17)15-14(11-12)22-8-9-23-15/h10-11H,3-9H2,1-2H3,(H2,18,19,20). The molecule has 0 saturated heterocycles. The van der Waals surface area contributed by atoms with Gasteiger partial charge in [-0.2, -0.15) is 0 Å². The van der Waals surface area contributed by atoms with Crippen LogP contribution in [0.4, 0.5) is 0 Å². The molecule has 23 heavy (non-hydrogen) atoms. The van der Waals surface area contributed by atoms with Gasteiger partial charge in [-0.1, -0.05) is 11.6 Å². The van der Waals surface area contributed by atoms with Gasteiger partial charge in [0.05, 0.1) is 18.2 Å². The Morgan fingerprint density at radius 1 is 1.30 bits per heavy atom. The molecule has 1 aromatic rings. The van der Waals surface area contributed by atoms with Crippen molar-refractivity contribution in [2.75, 3.05) is 46.6 Å². The summed E-state index contributed by atoms with van der Waals surface area (Å²) >= 11 is 6.25. The molecule has 0 fully saturated rings. The second kappa shape index (κ2) is 9.47. The van der Waals surface area contributed by atoms with E-state index < -0.39 is 0 Å². The van der Waals surface area contributed by atoms with Crippen molar-refractivity contribution in [1.82, 2.24) is 10.6 Å². The third-order valence-corrected chi connectivity index (χ3v) is 3.55. The van der Waals surface area contributed by atoms with Gasteiger partial charge in [0, 0.05) is 20.2 Å². The minimum absolute atomic E-state index is 0.539. The van der Waals surface area contributed by atoms with Gasteiger partial charge in [0.1, 0.15) is 13.2 Å². The summed E-state index contributed by atoms with van der Waals surface area (Å²) in [7, 11) is 1.67. The van der Waals surface area contributed by atoms with Crippen LogP contribution in [0.15, 0.2) is 17.1 Å². The minimum atomic E-state index is 0.539. The van der Waals surface area contributed by atoms with Crippen LogP contribution in [0.1, 0.15) is 12.5 Å². The SMILES string of the molecule is CCNC(=NCCOC)NCCc1cc(Cl)c2c(c1)OCCO2. The number of guanidine groups is 1. The molecule has 0 spiro atoms. The van der Waals surface area contributed by atoms with E-state index in [-0.39, 0.29) is 0 Å². The molecule has 1 heterocycles. The van der Waals surface area contributed by atoms with Crippen LogP contribution < -0.4 is 20.1 Å². The zero-order valence-corrected chi connectivity index (χ0v) is 14.4. The van der Waals surface area contributed by atoms with Crippen molar-refractivity contribution in [1.29, 1.82) is 0 Å². The second-order valence-corrected chi connectivity index (χ2v) is 5.44. The smallest absolute Gasteiger partial charge is 0.191 e. The van der Waals surface area contributed by atoms with Gasteiger partial charge in [-0.3, -0.25) is 4.99 Å². The molecule has 1 aliphatic rings. The number of ether oxygens (including phenoxy) is 3. The Morgan fingerprint density at radius 2 is 2.13 bits per heavy atom. The van der Waals surface area contributed by atoms with Gasteiger partial charge in [0.15, 0.2) is 17.5 Å². The summed E-state index contributed by atoms with van der Waals surface area (Å²) < 4.78 is 16.1. The maximum absolute atomic E-state index is 6.25. The molecule has 0 aromatic heterocycles. The molecule has 0 aliphatic carbocycles. The van der Waals surface area contributed by atoms with E-state index in [1.807, 2.05) is 19.1 Å². The maximum Gasteiger partial charge on any atom is 0.191 e. The van der Waals surface area contributed by atoms with Crippen LogP contribution in [0.3, 0.4) is 0 Å². The first-order chi connectivity index (χ1) is 11.2. The third kappa shape index (κ3) is 5.48. The lowest BCUT2D eigenvalue weighted by Gasteiger charge is -2.20. The average Bonchev–Trinajstić information content (AvgIpc) is 2.55.